The summed E-state index contributed by atoms with van der Waals surface area (Å²) in [5, 5.41) is 20.9. The number of phosphoric acid groups is 1. The zero-order chi connectivity index (χ0) is 18.2. The van der Waals surface area contributed by atoms with Crippen molar-refractivity contribution in [2.24, 2.45) is 0 Å². The van der Waals surface area contributed by atoms with E-state index in [0.717, 1.165) is 4.57 Å². The molecule has 1 unspecified atom stereocenters. The molecular formula is C13H19N3O8PV-. The van der Waals surface area contributed by atoms with Crippen molar-refractivity contribution in [2.75, 3.05) is 18.9 Å². The molecule has 0 aliphatic carbocycles. The van der Waals surface area contributed by atoms with Gasteiger partial charge in [0.25, 0.3) is 0 Å². The zero-order valence-electron chi connectivity index (χ0n) is 13.8. The number of rotatable bonds is 4. The number of hydrogen-bond donors (Lipinski definition) is 3. The van der Waals surface area contributed by atoms with Gasteiger partial charge >= 0.3 is 13.5 Å². The molecule has 3 rings (SSSR count). The quantitative estimate of drug-likeness (QED) is 0.425. The maximum absolute atomic E-state index is 12.1. The van der Waals surface area contributed by atoms with Gasteiger partial charge in [-0.25, -0.2) is 9.36 Å². The van der Waals surface area contributed by atoms with Crippen LogP contribution in [-0.4, -0.2) is 50.8 Å². The number of ether oxygens (including phenoxy) is 1. The van der Waals surface area contributed by atoms with Crippen molar-refractivity contribution in [3.63, 3.8) is 0 Å². The molecule has 2 aliphatic heterocycles. The maximum atomic E-state index is 12.1. The number of aliphatic hydroxyl groups excluding tert-OH is 1. The summed E-state index contributed by atoms with van der Waals surface area (Å²) >= 11 is 0. The van der Waals surface area contributed by atoms with Crippen LogP contribution in [-0.2, 0) is 41.4 Å². The van der Waals surface area contributed by atoms with Gasteiger partial charge in [-0.15, -0.1) is 6.42 Å². The number of anilines is 1. The summed E-state index contributed by atoms with van der Waals surface area (Å²) in [7, 11) is -3.77. The van der Waals surface area contributed by atoms with Crippen LogP contribution in [0.1, 0.15) is 19.6 Å². The van der Waals surface area contributed by atoms with Crippen molar-refractivity contribution in [3.8, 4) is 0 Å². The Morgan fingerprint density at radius 1 is 1.62 bits per heavy atom. The van der Waals surface area contributed by atoms with Crippen LogP contribution in [0, 0.1) is 6.61 Å². The van der Waals surface area contributed by atoms with Crippen LogP contribution in [0.25, 0.3) is 0 Å². The molecule has 0 aromatic carbocycles. The van der Waals surface area contributed by atoms with Gasteiger partial charge in [0.15, 0.2) is 6.23 Å². The van der Waals surface area contributed by atoms with E-state index in [9.17, 15) is 19.6 Å². The number of nitrogens with two attached hydrogens (primary N) is 1. The summed E-state index contributed by atoms with van der Waals surface area (Å²) in [4.78, 5) is 15.5. The number of nitrogen functional groups attached to an aromatic ring is 1. The van der Waals surface area contributed by atoms with Gasteiger partial charge in [0.05, 0.1) is 6.61 Å². The molecule has 1 aromatic heterocycles. The number of nitrogens with zero attached hydrogens (tertiary/aromatic N) is 2. The Morgan fingerprint density at radius 2 is 2.35 bits per heavy atom. The maximum Gasteiger partial charge on any atom is 0.444 e. The molecule has 2 fully saturated rings. The first-order valence-electron chi connectivity index (χ1n) is 7.53. The van der Waals surface area contributed by atoms with E-state index in [1.165, 1.54) is 25.8 Å². The minimum Gasteiger partial charge on any atom is -0.464 e. The minimum absolute atomic E-state index is 0. The molecule has 5 atom stereocenters. The van der Waals surface area contributed by atoms with E-state index >= 15 is 0 Å². The smallest absolute Gasteiger partial charge is 0.444 e. The standard InChI is InChI=1S/C13H19N3O8P.V/c1-13(19)10(17)8(7-23-25(20)21-5-2-6-22-25)24-11(13)16-4-3-9(14)15-12(16)18;/h3-5,8,10-11,17,19H,2,6-7H2,1H3,(H2,14,15,18);/q-1;/t8-,10-,11-,13-,25?;/m1./s1. The van der Waals surface area contributed by atoms with Crippen LogP contribution in [0.4, 0.5) is 5.82 Å². The van der Waals surface area contributed by atoms with Crippen LogP contribution in [0.5, 0.6) is 0 Å². The van der Waals surface area contributed by atoms with Gasteiger partial charge in [-0.2, -0.15) is 11.6 Å². The van der Waals surface area contributed by atoms with Crippen molar-refractivity contribution in [2.45, 2.75) is 37.4 Å². The molecule has 0 saturated carbocycles. The minimum atomic E-state index is -3.77. The van der Waals surface area contributed by atoms with Crippen LogP contribution < -0.4 is 11.4 Å². The molecule has 13 heteroatoms. The Balaban J connectivity index is 0.00000243. The van der Waals surface area contributed by atoms with Gasteiger partial charge < -0.3 is 25.2 Å². The molecule has 0 bridgehead atoms. The average Bonchev–Trinajstić information content (AvgIpc) is 2.77. The number of phosphoric ester groups is 1. The Hall–Kier alpha value is -0.746. The molecule has 2 aliphatic rings. The molecule has 4 N–H and O–H groups in total. The molecule has 2 saturated heterocycles. The van der Waals surface area contributed by atoms with Gasteiger partial charge in [-0.1, -0.05) is 0 Å². The number of aromatic nitrogens is 2. The summed E-state index contributed by atoms with van der Waals surface area (Å²) in [5.41, 5.74) is 2.86. The van der Waals surface area contributed by atoms with Gasteiger partial charge in [-0.3, -0.25) is 13.6 Å². The van der Waals surface area contributed by atoms with Crippen molar-refractivity contribution in [1.29, 1.82) is 0 Å². The Morgan fingerprint density at radius 3 is 2.96 bits per heavy atom. The van der Waals surface area contributed by atoms with Crippen LogP contribution >= 0.6 is 7.82 Å². The van der Waals surface area contributed by atoms with E-state index in [0.29, 0.717) is 6.42 Å². The van der Waals surface area contributed by atoms with Crippen molar-refractivity contribution in [1.82, 2.24) is 9.55 Å². The van der Waals surface area contributed by atoms with Gasteiger partial charge in [0, 0.05) is 31.4 Å². The zero-order valence-corrected chi connectivity index (χ0v) is 16.1. The second-order valence-corrected chi connectivity index (χ2v) is 7.50. The Labute approximate surface area is 160 Å². The number of hydrogen-bond acceptors (Lipinski definition) is 10. The fourth-order valence-corrected chi connectivity index (χ4v) is 3.74. The van der Waals surface area contributed by atoms with E-state index < -0.39 is 37.5 Å². The Bertz CT molecular complexity index is 734. The summed E-state index contributed by atoms with van der Waals surface area (Å²) in [6.07, 6.45) is -1.98. The van der Waals surface area contributed by atoms with Gasteiger partial charge in [0.2, 0.25) is 0 Å². The largest absolute Gasteiger partial charge is 0.464 e. The summed E-state index contributed by atoms with van der Waals surface area (Å²) < 4.78 is 33.6. The average molecular weight is 427 g/mol. The first-order chi connectivity index (χ1) is 11.7. The van der Waals surface area contributed by atoms with Crippen molar-refractivity contribution < 1.29 is 51.6 Å². The fourth-order valence-electron chi connectivity index (χ4n) is 2.60. The van der Waals surface area contributed by atoms with Gasteiger partial charge in [0.1, 0.15) is 23.6 Å². The van der Waals surface area contributed by atoms with Gasteiger partial charge in [-0.05, 0) is 13.0 Å². The summed E-state index contributed by atoms with van der Waals surface area (Å²) in [5.74, 6) is 0.0141. The molecule has 0 spiro atoms. The SMILES string of the molecule is C[C@@]1(O)[C@H](O)[C@@H](COP2(=O)O[CH-]CCO2)O[C@H]1n1ccc(N)nc1=O.[V]. The first kappa shape index (κ1) is 21.6. The monoisotopic (exact) mass is 427 g/mol. The van der Waals surface area contributed by atoms with E-state index in [2.05, 4.69) is 4.98 Å². The fraction of sp³-hybridized carbons (Fsp3) is 0.615. The molecule has 11 nitrogen and oxygen atoms in total. The third-order valence-corrected chi connectivity index (χ3v) is 5.32. The summed E-state index contributed by atoms with van der Waals surface area (Å²) in [6.45, 7) is 2.41. The third-order valence-electron chi connectivity index (χ3n) is 3.94. The van der Waals surface area contributed by atoms with Crippen molar-refractivity contribution >= 4 is 13.6 Å². The summed E-state index contributed by atoms with van der Waals surface area (Å²) in [6, 6.07) is 1.36. The molecule has 1 radical (unpaired) electrons. The molecule has 0 amide bonds. The normalized spacial score (nSPS) is 37.3. The second kappa shape index (κ2) is 8.09. The van der Waals surface area contributed by atoms with E-state index in [1.54, 1.807) is 0 Å². The molecule has 3 heterocycles. The molecule has 26 heavy (non-hydrogen) atoms. The van der Waals surface area contributed by atoms with Crippen LogP contribution in [0.2, 0.25) is 0 Å². The Kier molecular flexibility index (Phi) is 6.71. The molecule has 145 valence electrons. The van der Waals surface area contributed by atoms with E-state index in [-0.39, 0.29) is 37.6 Å². The molecule has 1 aromatic rings. The second-order valence-electron chi connectivity index (χ2n) is 5.88. The predicted molar refractivity (Wildman–Crippen MR) is 83.0 cm³/mol. The third kappa shape index (κ3) is 4.22. The number of aliphatic hydroxyl groups is 2. The topological polar surface area (TPSA) is 155 Å². The van der Waals surface area contributed by atoms with E-state index in [1.807, 2.05) is 0 Å². The van der Waals surface area contributed by atoms with Crippen LogP contribution in [0.15, 0.2) is 17.1 Å². The van der Waals surface area contributed by atoms with Crippen LogP contribution in [0.3, 0.4) is 0 Å². The predicted octanol–water partition coefficient (Wildman–Crippen LogP) is -0.444. The molecular weight excluding hydrogens is 408 g/mol. The van der Waals surface area contributed by atoms with E-state index in [4.69, 9.17) is 24.0 Å². The van der Waals surface area contributed by atoms with Crippen molar-refractivity contribution in [3.05, 3.63) is 29.4 Å². The first-order valence-corrected chi connectivity index (χ1v) is 8.99.